The quantitative estimate of drug-likeness (QED) is 0.862. The average molecular weight is 319 g/mol. The minimum Gasteiger partial charge on any atom is -0.486 e. The molecule has 3 rings (SSSR count). The molecule has 1 aliphatic heterocycles. The number of rotatable bonds is 4. The summed E-state index contributed by atoms with van der Waals surface area (Å²) in [7, 11) is 1.76. The lowest BCUT2D eigenvalue weighted by Crippen LogP contribution is -2.41. The molecule has 0 fully saturated rings. The lowest BCUT2D eigenvalue weighted by atomic mass is 10.2. The van der Waals surface area contributed by atoms with Gasteiger partial charge in [-0.05, 0) is 30.1 Å². The van der Waals surface area contributed by atoms with Crippen LogP contribution in [-0.2, 0) is 6.42 Å². The second-order valence-electron chi connectivity index (χ2n) is 5.09. The lowest BCUT2D eigenvalue weighted by Gasteiger charge is -2.29. The van der Waals surface area contributed by atoms with Crippen molar-refractivity contribution in [1.29, 1.82) is 0 Å². The fourth-order valence-electron chi connectivity index (χ4n) is 2.32. The number of benzene rings is 1. The zero-order valence-corrected chi connectivity index (χ0v) is 13.3. The summed E-state index contributed by atoms with van der Waals surface area (Å²) in [6.45, 7) is 2.84. The molecule has 116 valence electrons. The Morgan fingerprint density at radius 1 is 1.41 bits per heavy atom. The Bertz CT molecular complexity index is 674. The summed E-state index contributed by atoms with van der Waals surface area (Å²) in [4.78, 5) is 14.7. The maximum atomic E-state index is 12.5. The van der Waals surface area contributed by atoms with E-state index in [0.29, 0.717) is 30.2 Å². The molecular formula is C15H17N3O3S. The summed E-state index contributed by atoms with van der Waals surface area (Å²) >= 11 is 1.14. The summed E-state index contributed by atoms with van der Waals surface area (Å²) in [5.74, 6) is 1.38. The van der Waals surface area contributed by atoms with E-state index in [9.17, 15) is 4.79 Å². The normalized spacial score (nSPS) is 16.4. The van der Waals surface area contributed by atoms with Gasteiger partial charge in [0.15, 0.2) is 17.6 Å². The molecule has 1 aromatic heterocycles. The molecule has 0 radical (unpaired) electrons. The van der Waals surface area contributed by atoms with E-state index in [1.807, 2.05) is 31.2 Å². The van der Waals surface area contributed by atoms with Gasteiger partial charge in [-0.25, -0.2) is 0 Å². The molecule has 22 heavy (non-hydrogen) atoms. The van der Waals surface area contributed by atoms with Gasteiger partial charge in [0.05, 0.1) is 12.2 Å². The Kier molecular flexibility index (Phi) is 4.24. The van der Waals surface area contributed by atoms with Crippen LogP contribution in [0, 0.1) is 0 Å². The molecule has 0 aliphatic carbocycles. The van der Waals surface area contributed by atoms with Crippen molar-refractivity contribution in [2.75, 3.05) is 20.2 Å². The van der Waals surface area contributed by atoms with E-state index >= 15 is 0 Å². The molecule has 7 heteroatoms. The number of fused-ring (bicyclic) bond motifs is 1. The molecule has 0 saturated heterocycles. The highest BCUT2D eigenvalue weighted by molar-refractivity contribution is 7.07. The molecule has 1 unspecified atom stereocenters. The van der Waals surface area contributed by atoms with E-state index in [0.717, 1.165) is 23.0 Å². The molecule has 0 saturated carbocycles. The number of aromatic nitrogens is 2. The van der Waals surface area contributed by atoms with E-state index in [-0.39, 0.29) is 12.0 Å². The van der Waals surface area contributed by atoms with Gasteiger partial charge < -0.3 is 14.4 Å². The number of ether oxygens (including phenoxy) is 2. The van der Waals surface area contributed by atoms with E-state index < -0.39 is 0 Å². The van der Waals surface area contributed by atoms with Crippen LogP contribution >= 0.6 is 11.5 Å². The molecular weight excluding hydrogens is 302 g/mol. The lowest BCUT2D eigenvalue weighted by molar-refractivity contribution is 0.0523. The molecule has 2 aromatic rings. The number of para-hydroxylation sites is 2. The molecule has 6 nitrogen and oxygen atoms in total. The third-order valence-corrected chi connectivity index (χ3v) is 4.23. The number of carbonyl (C=O) groups excluding carboxylic acids is 1. The molecule has 1 aliphatic rings. The molecule has 1 atom stereocenters. The first-order chi connectivity index (χ1) is 10.7. The summed E-state index contributed by atoms with van der Waals surface area (Å²) in [6.07, 6.45) is 0.511. The SMILES string of the molecule is CCc1nnsc1C(=O)N(C)CC1COc2ccccc2O1. The topological polar surface area (TPSA) is 64.6 Å². The van der Waals surface area contributed by atoms with Crippen molar-refractivity contribution < 1.29 is 14.3 Å². The Labute approximate surface area is 132 Å². The van der Waals surface area contributed by atoms with Gasteiger partial charge in [-0.3, -0.25) is 4.79 Å². The van der Waals surface area contributed by atoms with Crippen LogP contribution in [0.5, 0.6) is 11.5 Å². The second kappa shape index (κ2) is 6.31. The monoisotopic (exact) mass is 319 g/mol. The van der Waals surface area contributed by atoms with E-state index in [4.69, 9.17) is 9.47 Å². The molecule has 1 aromatic carbocycles. The van der Waals surface area contributed by atoms with Gasteiger partial charge in [0.2, 0.25) is 0 Å². The molecule has 0 bridgehead atoms. The minimum atomic E-state index is -0.185. The highest BCUT2D eigenvalue weighted by Crippen LogP contribution is 2.31. The van der Waals surface area contributed by atoms with Crippen LogP contribution in [0.3, 0.4) is 0 Å². The third-order valence-electron chi connectivity index (χ3n) is 3.48. The fourth-order valence-corrected chi connectivity index (χ4v) is 3.06. The van der Waals surface area contributed by atoms with Crippen molar-refractivity contribution in [3.05, 3.63) is 34.8 Å². The van der Waals surface area contributed by atoms with Gasteiger partial charge in [0, 0.05) is 7.05 Å². The standard InChI is InChI=1S/C15H17N3O3S/c1-3-11-14(22-17-16-11)15(19)18(2)8-10-9-20-12-6-4-5-7-13(12)21-10/h4-7,10H,3,8-9H2,1-2H3. The number of nitrogens with zero attached hydrogens (tertiary/aromatic N) is 3. The first-order valence-corrected chi connectivity index (χ1v) is 7.91. The van der Waals surface area contributed by atoms with Crippen molar-refractivity contribution in [2.45, 2.75) is 19.4 Å². The fraction of sp³-hybridized carbons (Fsp3) is 0.400. The number of aryl methyl sites for hydroxylation is 1. The van der Waals surface area contributed by atoms with Crippen molar-refractivity contribution in [3.8, 4) is 11.5 Å². The number of amides is 1. The summed E-state index contributed by atoms with van der Waals surface area (Å²) < 4.78 is 15.4. The van der Waals surface area contributed by atoms with Crippen molar-refractivity contribution in [2.24, 2.45) is 0 Å². The van der Waals surface area contributed by atoms with Crippen LogP contribution in [0.2, 0.25) is 0 Å². The van der Waals surface area contributed by atoms with Crippen LogP contribution in [-0.4, -0.2) is 46.7 Å². The summed E-state index contributed by atoms with van der Waals surface area (Å²) in [6, 6.07) is 7.54. The van der Waals surface area contributed by atoms with E-state index in [1.54, 1.807) is 11.9 Å². The third kappa shape index (κ3) is 2.89. The Morgan fingerprint density at radius 3 is 2.95 bits per heavy atom. The van der Waals surface area contributed by atoms with Gasteiger partial charge in [-0.1, -0.05) is 23.5 Å². The number of likely N-dealkylation sites (N-methyl/N-ethyl adjacent to an activating group) is 1. The summed E-state index contributed by atoms with van der Waals surface area (Å²) in [5, 5.41) is 3.98. The largest absolute Gasteiger partial charge is 0.486 e. The highest BCUT2D eigenvalue weighted by Gasteiger charge is 2.26. The number of carbonyl (C=O) groups is 1. The van der Waals surface area contributed by atoms with E-state index in [1.165, 1.54) is 0 Å². The van der Waals surface area contributed by atoms with Crippen molar-refractivity contribution in [1.82, 2.24) is 14.5 Å². The van der Waals surface area contributed by atoms with Crippen LogP contribution < -0.4 is 9.47 Å². The maximum Gasteiger partial charge on any atom is 0.267 e. The first kappa shape index (κ1) is 14.8. The van der Waals surface area contributed by atoms with E-state index in [2.05, 4.69) is 9.59 Å². The minimum absolute atomic E-state index is 0.0747. The Balaban J connectivity index is 1.65. The molecule has 0 N–H and O–H groups in total. The van der Waals surface area contributed by atoms with Crippen LogP contribution in [0.1, 0.15) is 22.3 Å². The highest BCUT2D eigenvalue weighted by atomic mass is 32.1. The van der Waals surface area contributed by atoms with Crippen LogP contribution in [0.4, 0.5) is 0 Å². The zero-order chi connectivity index (χ0) is 15.5. The first-order valence-electron chi connectivity index (χ1n) is 7.14. The van der Waals surface area contributed by atoms with Gasteiger partial charge in [0.25, 0.3) is 5.91 Å². The second-order valence-corrected chi connectivity index (χ2v) is 5.84. The smallest absolute Gasteiger partial charge is 0.267 e. The average Bonchev–Trinajstić information content (AvgIpc) is 3.02. The summed E-state index contributed by atoms with van der Waals surface area (Å²) in [5.41, 5.74) is 0.744. The van der Waals surface area contributed by atoms with Gasteiger partial charge in [-0.15, -0.1) is 5.10 Å². The van der Waals surface area contributed by atoms with Crippen molar-refractivity contribution in [3.63, 3.8) is 0 Å². The predicted octanol–water partition coefficient (Wildman–Crippen LogP) is 2.01. The predicted molar refractivity (Wildman–Crippen MR) is 82.6 cm³/mol. The molecule has 1 amide bonds. The van der Waals surface area contributed by atoms with Gasteiger partial charge in [0.1, 0.15) is 11.5 Å². The van der Waals surface area contributed by atoms with Gasteiger partial charge >= 0.3 is 0 Å². The maximum absolute atomic E-state index is 12.5. The van der Waals surface area contributed by atoms with Crippen molar-refractivity contribution >= 4 is 17.4 Å². The number of hydrogen-bond donors (Lipinski definition) is 0. The molecule has 2 heterocycles. The van der Waals surface area contributed by atoms with Crippen LogP contribution in [0.15, 0.2) is 24.3 Å². The van der Waals surface area contributed by atoms with Gasteiger partial charge in [-0.2, -0.15) is 0 Å². The Hall–Kier alpha value is -2.15. The number of hydrogen-bond acceptors (Lipinski definition) is 6. The molecule has 0 spiro atoms. The van der Waals surface area contributed by atoms with Crippen LogP contribution in [0.25, 0.3) is 0 Å². The zero-order valence-electron chi connectivity index (χ0n) is 12.5. The Morgan fingerprint density at radius 2 is 2.18 bits per heavy atom.